The fourth-order valence-corrected chi connectivity index (χ4v) is 1.58. The van der Waals surface area contributed by atoms with E-state index in [-0.39, 0.29) is 5.78 Å². The first-order valence-electron chi connectivity index (χ1n) is 5.36. The second kappa shape index (κ2) is 4.41. The number of rotatable bonds is 3. The molecule has 0 unspecified atom stereocenters. The van der Waals surface area contributed by atoms with Crippen LogP contribution in [0.3, 0.4) is 0 Å². The predicted octanol–water partition coefficient (Wildman–Crippen LogP) is 2.72. The molecule has 17 heavy (non-hydrogen) atoms. The van der Waals surface area contributed by atoms with Crippen molar-refractivity contribution < 1.29 is 9.53 Å². The number of carbonyl (C=O) groups is 1. The second-order valence-electron chi connectivity index (χ2n) is 3.93. The van der Waals surface area contributed by atoms with Crippen LogP contribution >= 0.6 is 0 Å². The molecule has 0 fully saturated rings. The van der Waals surface area contributed by atoms with Gasteiger partial charge in [-0.2, -0.15) is 5.10 Å². The zero-order valence-corrected chi connectivity index (χ0v) is 10.1. The fraction of sp³-hybridized carbons (Fsp3) is 0.231. The number of nitrogens with zero attached hydrogens (tertiary/aromatic N) is 2. The molecule has 0 N–H and O–H groups in total. The highest BCUT2D eigenvalue weighted by molar-refractivity contribution is 5.94. The van der Waals surface area contributed by atoms with Crippen LogP contribution in [-0.2, 0) is 7.05 Å². The minimum absolute atomic E-state index is 0.0247. The number of ketones is 1. The SMILES string of the molecule is CC(=O)c1cccc(Oc2cc(C)nn2C)c1. The lowest BCUT2D eigenvalue weighted by Gasteiger charge is -2.06. The van der Waals surface area contributed by atoms with Gasteiger partial charge in [-0.05, 0) is 26.0 Å². The number of aryl methyl sites for hydroxylation is 2. The van der Waals surface area contributed by atoms with E-state index in [2.05, 4.69) is 5.10 Å². The monoisotopic (exact) mass is 230 g/mol. The Morgan fingerprint density at radius 1 is 1.35 bits per heavy atom. The van der Waals surface area contributed by atoms with Crippen molar-refractivity contribution in [3.63, 3.8) is 0 Å². The van der Waals surface area contributed by atoms with Crippen LogP contribution in [0.4, 0.5) is 0 Å². The van der Waals surface area contributed by atoms with Gasteiger partial charge in [-0.25, -0.2) is 4.68 Å². The molecule has 88 valence electrons. The Morgan fingerprint density at radius 2 is 2.12 bits per heavy atom. The summed E-state index contributed by atoms with van der Waals surface area (Å²) in [7, 11) is 1.82. The molecular formula is C13H14N2O2. The van der Waals surface area contributed by atoms with Gasteiger partial charge in [-0.15, -0.1) is 0 Å². The minimum Gasteiger partial charge on any atom is -0.439 e. The van der Waals surface area contributed by atoms with E-state index in [1.165, 1.54) is 6.92 Å². The quantitative estimate of drug-likeness (QED) is 0.761. The molecule has 1 aromatic heterocycles. The number of benzene rings is 1. The van der Waals surface area contributed by atoms with Gasteiger partial charge in [0, 0.05) is 18.7 Å². The average Bonchev–Trinajstić information content (AvgIpc) is 2.58. The van der Waals surface area contributed by atoms with Gasteiger partial charge in [0.15, 0.2) is 5.78 Å². The van der Waals surface area contributed by atoms with E-state index in [1.807, 2.05) is 26.1 Å². The van der Waals surface area contributed by atoms with Crippen LogP contribution in [0.25, 0.3) is 0 Å². The lowest BCUT2D eigenvalue weighted by molar-refractivity contribution is 0.101. The highest BCUT2D eigenvalue weighted by Gasteiger charge is 2.06. The Balaban J connectivity index is 2.27. The number of carbonyl (C=O) groups excluding carboxylic acids is 1. The summed E-state index contributed by atoms with van der Waals surface area (Å²) in [6.07, 6.45) is 0. The van der Waals surface area contributed by atoms with Crippen molar-refractivity contribution in [3.05, 3.63) is 41.6 Å². The first-order valence-corrected chi connectivity index (χ1v) is 5.36. The summed E-state index contributed by atoms with van der Waals surface area (Å²) in [5.41, 5.74) is 1.53. The maximum Gasteiger partial charge on any atom is 0.217 e. The lowest BCUT2D eigenvalue weighted by atomic mass is 10.1. The summed E-state index contributed by atoms with van der Waals surface area (Å²) in [5, 5.41) is 4.19. The molecule has 0 saturated heterocycles. The Bertz CT molecular complexity index is 558. The summed E-state index contributed by atoms with van der Waals surface area (Å²) in [6.45, 7) is 3.44. The van der Waals surface area contributed by atoms with E-state index in [0.717, 1.165) is 5.69 Å². The molecule has 0 saturated carbocycles. The van der Waals surface area contributed by atoms with Crippen molar-refractivity contribution in [2.75, 3.05) is 0 Å². The molecule has 1 aromatic carbocycles. The van der Waals surface area contributed by atoms with Gasteiger partial charge in [0.05, 0.1) is 5.69 Å². The van der Waals surface area contributed by atoms with Crippen LogP contribution in [0, 0.1) is 6.92 Å². The van der Waals surface area contributed by atoms with Gasteiger partial charge in [0.25, 0.3) is 0 Å². The van der Waals surface area contributed by atoms with Crippen LogP contribution in [0.1, 0.15) is 23.0 Å². The Labute approximate surface area is 99.8 Å². The normalized spacial score (nSPS) is 10.3. The Kier molecular flexibility index (Phi) is 2.95. The third kappa shape index (κ3) is 2.53. The zero-order chi connectivity index (χ0) is 12.4. The van der Waals surface area contributed by atoms with Gasteiger partial charge >= 0.3 is 0 Å². The van der Waals surface area contributed by atoms with E-state index in [1.54, 1.807) is 22.9 Å². The van der Waals surface area contributed by atoms with Gasteiger partial charge in [-0.1, -0.05) is 12.1 Å². The summed E-state index contributed by atoms with van der Waals surface area (Å²) >= 11 is 0. The summed E-state index contributed by atoms with van der Waals surface area (Å²) in [4.78, 5) is 11.2. The number of hydrogen-bond acceptors (Lipinski definition) is 3. The van der Waals surface area contributed by atoms with E-state index in [9.17, 15) is 4.79 Å². The molecule has 0 atom stereocenters. The Morgan fingerprint density at radius 3 is 2.71 bits per heavy atom. The number of hydrogen-bond donors (Lipinski definition) is 0. The third-order valence-electron chi connectivity index (χ3n) is 2.42. The molecule has 0 aliphatic carbocycles. The molecule has 2 aromatic rings. The average molecular weight is 230 g/mol. The van der Waals surface area contributed by atoms with Crippen LogP contribution in [0.5, 0.6) is 11.6 Å². The first kappa shape index (κ1) is 11.4. The van der Waals surface area contributed by atoms with Gasteiger partial charge in [0.2, 0.25) is 5.88 Å². The van der Waals surface area contributed by atoms with Crippen LogP contribution in [0.15, 0.2) is 30.3 Å². The molecule has 0 aliphatic rings. The summed E-state index contributed by atoms with van der Waals surface area (Å²) in [5.74, 6) is 1.32. The van der Waals surface area contributed by atoms with Crippen molar-refractivity contribution in [1.29, 1.82) is 0 Å². The molecule has 2 rings (SSSR count). The smallest absolute Gasteiger partial charge is 0.217 e. The van der Waals surface area contributed by atoms with Gasteiger partial charge in [-0.3, -0.25) is 4.79 Å². The standard InChI is InChI=1S/C13H14N2O2/c1-9-7-13(15(3)14-9)17-12-6-4-5-11(8-12)10(2)16/h4-8H,1-3H3. The molecule has 0 bridgehead atoms. The lowest BCUT2D eigenvalue weighted by Crippen LogP contribution is -1.96. The molecule has 0 radical (unpaired) electrons. The van der Waals surface area contributed by atoms with E-state index < -0.39 is 0 Å². The van der Waals surface area contributed by atoms with E-state index in [0.29, 0.717) is 17.2 Å². The maximum atomic E-state index is 11.2. The van der Waals surface area contributed by atoms with Gasteiger partial charge < -0.3 is 4.74 Å². The summed E-state index contributed by atoms with van der Waals surface area (Å²) < 4.78 is 7.33. The molecule has 4 nitrogen and oxygen atoms in total. The largest absolute Gasteiger partial charge is 0.439 e. The second-order valence-corrected chi connectivity index (χ2v) is 3.93. The molecule has 0 aliphatic heterocycles. The number of aromatic nitrogens is 2. The Hall–Kier alpha value is -2.10. The van der Waals surface area contributed by atoms with Crippen LogP contribution in [-0.4, -0.2) is 15.6 Å². The van der Waals surface area contributed by atoms with Crippen LogP contribution in [0.2, 0.25) is 0 Å². The molecule has 1 heterocycles. The van der Waals surface area contributed by atoms with Crippen molar-refractivity contribution in [2.24, 2.45) is 7.05 Å². The summed E-state index contributed by atoms with van der Waals surface area (Å²) in [6, 6.07) is 8.96. The zero-order valence-electron chi connectivity index (χ0n) is 10.1. The number of Topliss-reactive ketones (excluding diaryl/α,β-unsaturated/α-hetero) is 1. The molecular weight excluding hydrogens is 216 g/mol. The van der Waals surface area contributed by atoms with E-state index in [4.69, 9.17) is 4.74 Å². The van der Waals surface area contributed by atoms with Crippen molar-refractivity contribution >= 4 is 5.78 Å². The first-order chi connectivity index (χ1) is 8.06. The fourth-order valence-electron chi connectivity index (χ4n) is 1.58. The van der Waals surface area contributed by atoms with E-state index >= 15 is 0 Å². The predicted molar refractivity (Wildman–Crippen MR) is 64.5 cm³/mol. The van der Waals surface area contributed by atoms with Crippen molar-refractivity contribution in [1.82, 2.24) is 9.78 Å². The van der Waals surface area contributed by atoms with Crippen molar-refractivity contribution in [3.8, 4) is 11.6 Å². The maximum absolute atomic E-state index is 11.2. The highest BCUT2D eigenvalue weighted by atomic mass is 16.5. The molecule has 0 amide bonds. The molecule has 0 spiro atoms. The number of ether oxygens (including phenoxy) is 1. The minimum atomic E-state index is 0.0247. The van der Waals surface area contributed by atoms with Gasteiger partial charge in [0.1, 0.15) is 5.75 Å². The molecule has 4 heteroatoms. The van der Waals surface area contributed by atoms with Crippen LogP contribution < -0.4 is 4.74 Å². The van der Waals surface area contributed by atoms with Crippen molar-refractivity contribution in [2.45, 2.75) is 13.8 Å². The third-order valence-corrected chi connectivity index (χ3v) is 2.42. The topological polar surface area (TPSA) is 44.1 Å². The highest BCUT2D eigenvalue weighted by Crippen LogP contribution is 2.22.